The van der Waals surface area contributed by atoms with Crippen LogP contribution in [0.3, 0.4) is 0 Å². The lowest BCUT2D eigenvalue weighted by Gasteiger charge is -2.34. The number of rotatable bonds is 2. The third kappa shape index (κ3) is 6.53. The monoisotopic (exact) mass is 493 g/mol. The minimum Gasteiger partial charge on any atom is -0.458 e. The normalized spacial score (nSPS) is 36.0. The fourth-order valence-electron chi connectivity index (χ4n) is 4.78. The highest BCUT2D eigenvalue weighted by Crippen LogP contribution is 2.36. The van der Waals surface area contributed by atoms with Crippen LogP contribution in [0.5, 0.6) is 0 Å². The number of aliphatic hydroxyl groups excluding tert-OH is 2. The van der Waals surface area contributed by atoms with Crippen molar-refractivity contribution in [2.24, 2.45) is 17.3 Å². The summed E-state index contributed by atoms with van der Waals surface area (Å²) in [6, 6.07) is 0. The lowest BCUT2D eigenvalue weighted by atomic mass is 9.73. The predicted molar refractivity (Wildman–Crippen MR) is 131 cm³/mol. The Morgan fingerprint density at radius 3 is 2.56 bits per heavy atom. The molecule has 0 spiro atoms. The van der Waals surface area contributed by atoms with Crippen molar-refractivity contribution in [3.8, 4) is 0 Å². The zero-order valence-corrected chi connectivity index (χ0v) is 21.9. The van der Waals surface area contributed by atoms with Crippen LogP contribution in [0.2, 0.25) is 0 Å². The van der Waals surface area contributed by atoms with Gasteiger partial charge in [-0.2, -0.15) is 0 Å². The number of aryl methyl sites for hydroxylation is 1. The van der Waals surface area contributed by atoms with Crippen LogP contribution in [-0.2, 0) is 19.1 Å². The first-order valence-electron chi connectivity index (χ1n) is 12.3. The van der Waals surface area contributed by atoms with E-state index in [1.54, 1.807) is 32.1 Å². The van der Waals surface area contributed by atoms with Crippen LogP contribution in [0.15, 0.2) is 11.0 Å². The van der Waals surface area contributed by atoms with E-state index in [1.165, 1.54) is 0 Å². The molecule has 2 N–H and O–H groups in total. The lowest BCUT2D eigenvalue weighted by molar-refractivity contribution is -0.154. The van der Waals surface area contributed by atoms with Gasteiger partial charge in [0.2, 0.25) is 0 Å². The molecule has 3 rings (SSSR count). The second kappa shape index (κ2) is 11.0. The molecule has 0 saturated carbocycles. The Labute approximate surface area is 206 Å². The minimum atomic E-state index is -1.22. The number of carbonyl (C=O) groups excluding carboxylic acids is 2. The van der Waals surface area contributed by atoms with E-state index in [-0.39, 0.29) is 30.3 Å². The highest BCUT2D eigenvalue weighted by molar-refractivity contribution is 7.09. The number of hydrogen-bond acceptors (Lipinski definition) is 8. The Balaban J connectivity index is 1.81. The standard InChI is InChI=1S/C26H39NO6S/c1-14-8-7-9-19-21(32-19)11-20(15(2)10-18-13-34-17(4)27-18)33-23(29)12-22(28)26(5,6)25(31)16(3)24(14)30/h10,13-14,16,19-22,24,28,30H,7-9,11-12H2,1-6H3/t14-,16-,19-,20-,21+,22+,24-/m0/s1. The first-order chi connectivity index (χ1) is 15.9. The number of fused-ring (bicyclic) bond motifs is 1. The third-order valence-electron chi connectivity index (χ3n) is 7.41. The zero-order valence-electron chi connectivity index (χ0n) is 21.1. The first kappa shape index (κ1) is 27.0. The van der Waals surface area contributed by atoms with Crippen molar-refractivity contribution in [1.29, 1.82) is 0 Å². The fraction of sp³-hybridized carbons (Fsp3) is 0.731. The molecule has 8 heteroatoms. The SMILES string of the molecule is CC(=Cc1csc(C)n1)[C@@H]1C[C@H]2O[C@H]2CCC[C@H](C)[C@H](O)[C@H](C)C(=O)C(C)(C)[C@H](O)CC(=O)O1. The molecule has 0 radical (unpaired) electrons. The summed E-state index contributed by atoms with van der Waals surface area (Å²) in [5.41, 5.74) is 0.494. The highest BCUT2D eigenvalue weighted by Gasteiger charge is 2.44. The predicted octanol–water partition coefficient (Wildman–Crippen LogP) is 4.09. The summed E-state index contributed by atoms with van der Waals surface area (Å²) in [6.45, 7) is 10.8. The van der Waals surface area contributed by atoms with Gasteiger partial charge in [0, 0.05) is 17.7 Å². The van der Waals surface area contributed by atoms with Gasteiger partial charge in [-0.25, -0.2) is 4.98 Å². The van der Waals surface area contributed by atoms with E-state index in [0.29, 0.717) is 6.42 Å². The van der Waals surface area contributed by atoms with Gasteiger partial charge >= 0.3 is 5.97 Å². The van der Waals surface area contributed by atoms with Crippen LogP contribution in [0.25, 0.3) is 6.08 Å². The van der Waals surface area contributed by atoms with Crippen LogP contribution < -0.4 is 0 Å². The number of nitrogens with zero attached hydrogens (tertiary/aromatic N) is 1. The van der Waals surface area contributed by atoms with Gasteiger partial charge in [0.05, 0.1) is 47.0 Å². The quantitative estimate of drug-likeness (QED) is 0.472. The van der Waals surface area contributed by atoms with Crippen molar-refractivity contribution in [3.05, 3.63) is 21.7 Å². The van der Waals surface area contributed by atoms with Gasteiger partial charge in [0.25, 0.3) is 0 Å². The molecule has 190 valence electrons. The number of thiazole rings is 1. The zero-order chi connectivity index (χ0) is 25.2. The number of carbonyl (C=O) groups is 2. The van der Waals surface area contributed by atoms with Crippen molar-refractivity contribution in [3.63, 3.8) is 0 Å². The van der Waals surface area contributed by atoms with Gasteiger partial charge in [-0.05, 0) is 44.3 Å². The van der Waals surface area contributed by atoms with E-state index in [0.717, 1.165) is 35.5 Å². The number of ether oxygens (including phenoxy) is 2. The molecular formula is C26H39NO6S. The molecule has 0 amide bonds. The molecule has 2 aliphatic heterocycles. The topological polar surface area (TPSA) is 109 Å². The van der Waals surface area contributed by atoms with E-state index in [4.69, 9.17) is 9.47 Å². The summed E-state index contributed by atoms with van der Waals surface area (Å²) in [7, 11) is 0. The Morgan fingerprint density at radius 2 is 1.91 bits per heavy atom. The smallest absolute Gasteiger partial charge is 0.309 e. The van der Waals surface area contributed by atoms with Gasteiger partial charge in [0.1, 0.15) is 11.9 Å². The van der Waals surface area contributed by atoms with E-state index < -0.39 is 35.6 Å². The Bertz CT molecular complexity index is 909. The summed E-state index contributed by atoms with van der Waals surface area (Å²) < 4.78 is 11.7. The second-order valence-corrected chi connectivity index (χ2v) is 11.7. The van der Waals surface area contributed by atoms with Crippen LogP contribution in [0.1, 0.15) is 77.4 Å². The maximum Gasteiger partial charge on any atom is 0.309 e. The lowest BCUT2D eigenvalue weighted by Crippen LogP contribution is -2.45. The molecule has 7 atom stereocenters. The summed E-state index contributed by atoms with van der Waals surface area (Å²) in [5, 5.41) is 24.5. The number of epoxide rings is 1. The van der Waals surface area contributed by atoms with Gasteiger partial charge in [-0.1, -0.05) is 34.1 Å². The molecule has 7 nitrogen and oxygen atoms in total. The largest absolute Gasteiger partial charge is 0.458 e. The molecule has 0 aromatic carbocycles. The summed E-state index contributed by atoms with van der Waals surface area (Å²) in [5.74, 6) is -1.52. The van der Waals surface area contributed by atoms with Gasteiger partial charge in [0.15, 0.2) is 0 Å². The van der Waals surface area contributed by atoms with Crippen LogP contribution in [-0.4, -0.2) is 57.5 Å². The molecule has 2 fully saturated rings. The highest BCUT2D eigenvalue weighted by atomic mass is 32.1. The molecule has 0 unspecified atom stereocenters. The number of ketones is 1. The molecular weight excluding hydrogens is 454 g/mol. The van der Waals surface area contributed by atoms with Crippen LogP contribution >= 0.6 is 11.3 Å². The number of aromatic nitrogens is 1. The molecule has 3 heterocycles. The van der Waals surface area contributed by atoms with E-state index in [1.807, 2.05) is 32.2 Å². The third-order valence-corrected chi connectivity index (χ3v) is 8.20. The maximum atomic E-state index is 13.2. The Kier molecular flexibility index (Phi) is 8.71. The summed E-state index contributed by atoms with van der Waals surface area (Å²) in [6.07, 6.45) is 2.28. The van der Waals surface area contributed by atoms with E-state index in [2.05, 4.69) is 4.98 Å². The average molecular weight is 494 g/mol. The molecule has 2 saturated heterocycles. The summed E-state index contributed by atoms with van der Waals surface area (Å²) in [4.78, 5) is 30.5. The van der Waals surface area contributed by atoms with Gasteiger partial charge in [-0.3, -0.25) is 9.59 Å². The fourth-order valence-corrected chi connectivity index (χ4v) is 5.35. The maximum absolute atomic E-state index is 13.2. The second-order valence-electron chi connectivity index (χ2n) is 10.6. The van der Waals surface area contributed by atoms with Crippen molar-refractivity contribution < 1.29 is 29.3 Å². The van der Waals surface area contributed by atoms with E-state index >= 15 is 0 Å². The van der Waals surface area contributed by atoms with Gasteiger partial charge < -0.3 is 19.7 Å². The summed E-state index contributed by atoms with van der Waals surface area (Å²) >= 11 is 1.56. The number of esters is 1. The minimum absolute atomic E-state index is 0.00770. The van der Waals surface area contributed by atoms with Crippen LogP contribution in [0, 0.1) is 24.2 Å². The van der Waals surface area contributed by atoms with Crippen molar-refractivity contribution >= 4 is 29.2 Å². The molecule has 1 aromatic heterocycles. The molecule has 2 aliphatic rings. The number of cyclic esters (lactones) is 1. The average Bonchev–Trinajstić information content (AvgIpc) is 3.38. The van der Waals surface area contributed by atoms with Crippen molar-refractivity contribution in [2.75, 3.05) is 0 Å². The van der Waals surface area contributed by atoms with Crippen molar-refractivity contribution in [2.45, 2.75) is 104 Å². The molecule has 0 aliphatic carbocycles. The molecule has 1 aromatic rings. The molecule has 34 heavy (non-hydrogen) atoms. The van der Waals surface area contributed by atoms with Crippen LogP contribution in [0.4, 0.5) is 0 Å². The van der Waals surface area contributed by atoms with Crippen molar-refractivity contribution in [1.82, 2.24) is 4.98 Å². The van der Waals surface area contributed by atoms with Gasteiger partial charge in [-0.15, -0.1) is 11.3 Å². The number of hydrogen-bond donors (Lipinski definition) is 2. The Hall–Kier alpha value is -1.61. The number of aliphatic hydroxyl groups is 2. The number of Topliss-reactive ketones (excluding diaryl/α,β-unsaturated/α-hetero) is 1. The first-order valence-corrected chi connectivity index (χ1v) is 13.1. The molecule has 0 bridgehead atoms. The van der Waals surface area contributed by atoms with E-state index in [9.17, 15) is 19.8 Å². The Morgan fingerprint density at radius 1 is 1.21 bits per heavy atom.